The molecule has 0 spiro atoms. The Morgan fingerprint density at radius 3 is 1.12 bits per heavy atom. The SMILES string of the molecule is CC/C=C/CCCC[N+](CO)(C(C)C(=O)[O-])C(C)C(=O)O.CC/C=C/CCCC[N+](CO)(C(C)C(=O)[O-])C(C)C(=O)O.[Ca+2]. The van der Waals surface area contributed by atoms with Crippen molar-refractivity contribution >= 4 is 61.6 Å². The Labute approximate surface area is 286 Å². The molecule has 0 aromatic carbocycles. The van der Waals surface area contributed by atoms with Crippen LogP contribution in [0.15, 0.2) is 24.3 Å². The molecule has 6 unspecified atom stereocenters. The summed E-state index contributed by atoms with van der Waals surface area (Å²) < 4.78 is -0.815. The second-order valence-electron chi connectivity index (χ2n) is 10.7. The maximum atomic E-state index is 11.3. The normalized spacial score (nSPS) is 16.9. The Bertz CT molecular complexity index is 771. The number of carbonyl (C=O) groups excluding carboxylic acids is 2. The van der Waals surface area contributed by atoms with Crippen molar-refractivity contribution in [2.45, 2.75) is 117 Å². The molecular formula is C30H54CaN2O10+2. The quantitative estimate of drug-likeness (QED) is 0.0427. The summed E-state index contributed by atoms with van der Waals surface area (Å²) in [6, 6.07) is -4.16. The third-order valence-corrected chi connectivity index (χ3v) is 8.20. The minimum Gasteiger partial charge on any atom is -0.544 e. The van der Waals surface area contributed by atoms with Crippen molar-refractivity contribution in [2.24, 2.45) is 0 Å². The summed E-state index contributed by atoms with van der Waals surface area (Å²) in [5.74, 6) is -4.93. The van der Waals surface area contributed by atoms with Gasteiger partial charge in [0, 0.05) is 0 Å². The van der Waals surface area contributed by atoms with Crippen LogP contribution >= 0.6 is 0 Å². The zero-order valence-corrected chi connectivity index (χ0v) is 29.2. The summed E-state index contributed by atoms with van der Waals surface area (Å²) >= 11 is 0. The summed E-state index contributed by atoms with van der Waals surface area (Å²) in [6.07, 6.45) is 14.8. The Kier molecular flexibility index (Phi) is 26.4. The number of carboxylic acids is 4. The topological polar surface area (TPSA) is 195 Å². The first-order valence-electron chi connectivity index (χ1n) is 14.8. The number of allylic oxidation sites excluding steroid dienone is 4. The average molecular weight is 643 g/mol. The number of rotatable bonds is 22. The first-order chi connectivity index (χ1) is 19.7. The molecule has 0 heterocycles. The third-order valence-electron chi connectivity index (χ3n) is 8.20. The Morgan fingerprint density at radius 2 is 0.907 bits per heavy atom. The van der Waals surface area contributed by atoms with E-state index in [0.717, 1.165) is 38.5 Å². The largest absolute Gasteiger partial charge is 2.00 e. The summed E-state index contributed by atoms with van der Waals surface area (Å²) in [4.78, 5) is 44.8. The van der Waals surface area contributed by atoms with Gasteiger partial charge in [-0.2, -0.15) is 0 Å². The van der Waals surface area contributed by atoms with Gasteiger partial charge in [0.05, 0.1) is 25.0 Å². The van der Waals surface area contributed by atoms with Gasteiger partial charge in [-0.25, -0.2) is 9.59 Å². The van der Waals surface area contributed by atoms with E-state index in [-0.39, 0.29) is 37.7 Å². The second kappa shape index (κ2) is 24.7. The van der Waals surface area contributed by atoms with Gasteiger partial charge in [0.15, 0.2) is 25.5 Å². The summed E-state index contributed by atoms with van der Waals surface area (Å²) in [6.45, 7) is 9.23. The Morgan fingerprint density at radius 1 is 0.605 bits per heavy atom. The van der Waals surface area contributed by atoms with Crippen molar-refractivity contribution in [1.82, 2.24) is 0 Å². The van der Waals surface area contributed by atoms with Gasteiger partial charge in [0.25, 0.3) is 0 Å². The number of aliphatic hydroxyl groups excluding tert-OH is 2. The molecule has 0 radical (unpaired) electrons. The fourth-order valence-electron chi connectivity index (χ4n) is 4.84. The van der Waals surface area contributed by atoms with Crippen LogP contribution in [0, 0.1) is 0 Å². The van der Waals surface area contributed by atoms with Crippen LogP contribution in [0.5, 0.6) is 0 Å². The van der Waals surface area contributed by atoms with E-state index in [0.29, 0.717) is 25.9 Å². The molecule has 0 saturated carbocycles. The van der Waals surface area contributed by atoms with Gasteiger partial charge in [0.2, 0.25) is 0 Å². The molecule has 0 amide bonds. The van der Waals surface area contributed by atoms with Crippen LogP contribution in [-0.4, -0.2) is 142 Å². The predicted octanol–water partition coefficient (Wildman–Crippen LogP) is 0.621. The average Bonchev–Trinajstić information content (AvgIpc) is 2.95. The molecule has 0 aromatic heterocycles. The Hall–Kier alpha value is -1.54. The molecule has 0 rings (SSSR count). The van der Waals surface area contributed by atoms with E-state index in [2.05, 4.69) is 24.3 Å². The van der Waals surface area contributed by atoms with Crippen molar-refractivity contribution in [3.8, 4) is 0 Å². The van der Waals surface area contributed by atoms with E-state index in [9.17, 15) is 49.8 Å². The molecule has 244 valence electrons. The van der Waals surface area contributed by atoms with Crippen LogP contribution in [0.4, 0.5) is 0 Å². The van der Waals surface area contributed by atoms with Crippen molar-refractivity contribution < 1.29 is 58.8 Å². The van der Waals surface area contributed by atoms with Crippen LogP contribution in [0.3, 0.4) is 0 Å². The minimum absolute atomic E-state index is 0. The molecule has 43 heavy (non-hydrogen) atoms. The van der Waals surface area contributed by atoms with E-state index in [1.54, 1.807) is 0 Å². The molecule has 0 aliphatic rings. The number of hydrogen-bond acceptors (Lipinski definition) is 8. The third kappa shape index (κ3) is 15.3. The first kappa shape index (κ1) is 45.9. The summed E-state index contributed by atoms with van der Waals surface area (Å²) in [5.41, 5.74) is 0. The van der Waals surface area contributed by atoms with Crippen molar-refractivity contribution in [1.29, 1.82) is 0 Å². The van der Waals surface area contributed by atoms with Crippen LogP contribution in [-0.2, 0) is 19.2 Å². The molecule has 0 aliphatic carbocycles. The molecule has 0 fully saturated rings. The van der Waals surface area contributed by atoms with Gasteiger partial charge in [-0.15, -0.1) is 0 Å². The number of aliphatic carboxylic acids is 4. The zero-order valence-electron chi connectivity index (χ0n) is 26.9. The molecule has 0 aromatic rings. The number of unbranched alkanes of at least 4 members (excludes halogenated alkanes) is 4. The molecule has 0 saturated heterocycles. The van der Waals surface area contributed by atoms with Gasteiger partial charge in [-0.3, -0.25) is 8.97 Å². The number of hydrogen-bond donors (Lipinski definition) is 4. The molecule has 0 aliphatic heterocycles. The van der Waals surface area contributed by atoms with Crippen LogP contribution in [0.2, 0.25) is 0 Å². The smallest absolute Gasteiger partial charge is 0.544 e. The van der Waals surface area contributed by atoms with Crippen molar-refractivity contribution in [3.63, 3.8) is 0 Å². The molecule has 12 nitrogen and oxygen atoms in total. The number of carboxylic acid groups (broad SMARTS) is 4. The fraction of sp³-hybridized carbons (Fsp3) is 0.733. The van der Waals surface area contributed by atoms with Crippen LogP contribution < -0.4 is 10.2 Å². The predicted molar refractivity (Wildman–Crippen MR) is 160 cm³/mol. The summed E-state index contributed by atoms with van der Waals surface area (Å²) in [7, 11) is 0. The molecule has 0 bridgehead atoms. The molecule has 6 atom stereocenters. The second-order valence-corrected chi connectivity index (χ2v) is 10.7. The molecular weight excluding hydrogens is 588 g/mol. The molecule has 13 heteroatoms. The van der Waals surface area contributed by atoms with Gasteiger partial charge >= 0.3 is 49.7 Å². The number of carbonyl (C=O) groups is 4. The van der Waals surface area contributed by atoms with E-state index < -0.39 is 70.5 Å². The van der Waals surface area contributed by atoms with E-state index >= 15 is 0 Å². The van der Waals surface area contributed by atoms with E-state index in [1.807, 2.05) is 13.8 Å². The number of nitrogens with zero attached hydrogens (tertiary/aromatic N) is 2. The monoisotopic (exact) mass is 642 g/mol. The van der Waals surface area contributed by atoms with Crippen LogP contribution in [0.25, 0.3) is 0 Å². The fourth-order valence-corrected chi connectivity index (χ4v) is 4.84. The maximum absolute atomic E-state index is 11.3. The maximum Gasteiger partial charge on any atom is 2.00 e. The summed E-state index contributed by atoms with van der Waals surface area (Å²) in [5, 5.41) is 60.0. The van der Waals surface area contributed by atoms with Gasteiger partial charge in [-0.05, 0) is 79.1 Å². The zero-order chi connectivity index (χ0) is 32.9. The van der Waals surface area contributed by atoms with E-state index in [1.165, 1.54) is 27.7 Å². The van der Waals surface area contributed by atoms with Crippen molar-refractivity contribution in [2.75, 3.05) is 26.6 Å². The number of aliphatic hydroxyl groups is 2. The van der Waals surface area contributed by atoms with Gasteiger partial charge in [-0.1, -0.05) is 38.2 Å². The first-order valence-corrected chi connectivity index (χ1v) is 14.8. The van der Waals surface area contributed by atoms with Crippen molar-refractivity contribution in [3.05, 3.63) is 24.3 Å². The Balaban J connectivity index is -0.000000727. The number of quaternary nitrogens is 2. The minimum atomic E-state index is -1.34. The van der Waals surface area contributed by atoms with Gasteiger partial charge in [0.1, 0.15) is 12.1 Å². The van der Waals surface area contributed by atoms with Crippen LogP contribution in [0.1, 0.15) is 92.9 Å². The molecule has 4 N–H and O–H groups in total. The van der Waals surface area contributed by atoms with E-state index in [4.69, 9.17) is 0 Å². The van der Waals surface area contributed by atoms with Gasteiger partial charge < -0.3 is 40.2 Å². The standard InChI is InChI=1S/2C15H27NO5.Ca/c2*1-4-5-6-7-8-9-10-16(11-17,12(2)14(18)19)13(3)15(20)21;/h2*5-6,12-13,17H,4,7-11H2,1-3H3,(H-,18,19,20,21);/q;;+2/b2*6-5+;.